The zero-order valence-corrected chi connectivity index (χ0v) is 33.1. The highest BCUT2D eigenvalue weighted by Gasteiger charge is 2.44. The average molecular weight is 687 g/mol. The lowest BCUT2D eigenvalue weighted by Crippen LogP contribution is -2.50. The summed E-state index contributed by atoms with van der Waals surface area (Å²) in [6.45, 7) is 24.6. The quantitative estimate of drug-likeness (QED) is 0.231. The molecule has 5 nitrogen and oxygen atoms in total. The minimum absolute atomic E-state index is 0.0225. The molecular formula is C46H60N3O2+. The van der Waals surface area contributed by atoms with Crippen LogP contribution in [-0.2, 0) is 23.1 Å². The van der Waals surface area contributed by atoms with E-state index in [0.29, 0.717) is 25.3 Å². The van der Waals surface area contributed by atoms with Gasteiger partial charge in [0.2, 0.25) is 5.36 Å². The highest BCUT2D eigenvalue weighted by Crippen LogP contribution is 2.52. The van der Waals surface area contributed by atoms with E-state index in [1.807, 2.05) is 37.9 Å². The van der Waals surface area contributed by atoms with E-state index in [4.69, 9.17) is 0 Å². The molecule has 5 heteroatoms. The highest BCUT2D eigenvalue weighted by atomic mass is 16.2. The van der Waals surface area contributed by atoms with Crippen molar-refractivity contribution in [3.8, 4) is 0 Å². The van der Waals surface area contributed by atoms with Gasteiger partial charge in [0.05, 0.1) is 0 Å². The number of aryl methyl sites for hydroxylation is 1. The van der Waals surface area contributed by atoms with Crippen LogP contribution in [0, 0.1) is 12.8 Å². The molecule has 3 aliphatic heterocycles. The van der Waals surface area contributed by atoms with Crippen LogP contribution in [0.1, 0.15) is 148 Å². The van der Waals surface area contributed by atoms with Crippen molar-refractivity contribution in [3.05, 3.63) is 97.0 Å². The second-order valence-corrected chi connectivity index (χ2v) is 17.5. The van der Waals surface area contributed by atoms with Crippen molar-refractivity contribution in [2.45, 2.75) is 124 Å². The summed E-state index contributed by atoms with van der Waals surface area (Å²) in [5.41, 5.74) is 14.3. The standard InChI is InChI=1S/C46H60N3O2/c1-11-49-42-30(5)40-37(26-35(42)29(4)27-45(49,6)7)39(32-18-12-13-19-33(32)44(51)47(10)22-16-21-38(50)28(2)3)36-25-31-17-14-23-48-24-15-20-34(43(31)48)41(36)46(40,8)9/h12-13,18-19,25-26,28-29H,11,14-17,20-24,27H2,1-10H3/q+1. The Bertz CT molecular complexity index is 2060. The summed E-state index contributed by atoms with van der Waals surface area (Å²) in [5.74, 6) is 0.723. The van der Waals surface area contributed by atoms with Crippen LogP contribution in [0.5, 0.6) is 0 Å². The maximum absolute atomic E-state index is 14.5. The predicted octanol–water partition coefficient (Wildman–Crippen LogP) is 7.45. The van der Waals surface area contributed by atoms with Crippen molar-refractivity contribution in [3.63, 3.8) is 0 Å². The molecule has 1 aliphatic carbocycles. The molecule has 3 heterocycles. The average Bonchev–Trinajstić information content (AvgIpc) is 3.08. The van der Waals surface area contributed by atoms with E-state index >= 15 is 0 Å². The smallest absolute Gasteiger partial charge is 0.254 e. The predicted molar refractivity (Wildman–Crippen MR) is 211 cm³/mol. The number of amides is 1. The number of hydrogen-bond donors (Lipinski definition) is 0. The number of Topliss-reactive ketones (excluding diaryl/α,β-unsaturated/α-hetero) is 1. The molecule has 1 amide bonds. The number of rotatable bonds is 8. The summed E-state index contributed by atoms with van der Waals surface area (Å²) in [7, 11) is 1.90. The molecule has 0 bridgehead atoms. The van der Waals surface area contributed by atoms with Crippen LogP contribution < -0.4 is 20.1 Å². The van der Waals surface area contributed by atoms with Gasteiger partial charge in [0, 0.05) is 78.6 Å². The number of anilines is 1. The number of fused-ring (bicyclic) bond motifs is 4. The number of benzene rings is 3. The third-order valence-electron chi connectivity index (χ3n) is 12.9. The molecule has 0 aromatic heterocycles. The van der Waals surface area contributed by atoms with Crippen LogP contribution in [0.25, 0.3) is 5.57 Å². The van der Waals surface area contributed by atoms with Gasteiger partial charge in [-0.3, -0.25) is 9.59 Å². The van der Waals surface area contributed by atoms with E-state index in [1.54, 1.807) is 0 Å². The number of nitrogens with zero attached hydrogens (tertiary/aromatic N) is 3. The summed E-state index contributed by atoms with van der Waals surface area (Å²) < 4.78 is 2.67. The Morgan fingerprint density at radius 3 is 2.41 bits per heavy atom. The number of ketones is 1. The van der Waals surface area contributed by atoms with Gasteiger partial charge in [-0.05, 0) is 122 Å². The highest BCUT2D eigenvalue weighted by molar-refractivity contribution is 6.02. The zero-order chi connectivity index (χ0) is 36.6. The van der Waals surface area contributed by atoms with E-state index in [-0.39, 0.29) is 28.6 Å². The van der Waals surface area contributed by atoms with Crippen LogP contribution in [0.3, 0.4) is 0 Å². The van der Waals surface area contributed by atoms with Gasteiger partial charge in [0.15, 0.2) is 0 Å². The molecule has 3 aromatic carbocycles. The minimum Gasteiger partial charge on any atom is -0.366 e. The van der Waals surface area contributed by atoms with Gasteiger partial charge in [0.1, 0.15) is 18.9 Å². The lowest BCUT2D eigenvalue weighted by molar-refractivity contribution is -0.122. The van der Waals surface area contributed by atoms with Crippen molar-refractivity contribution in [2.75, 3.05) is 38.1 Å². The number of hydrogen-bond acceptors (Lipinski definition) is 3. The molecule has 0 saturated carbocycles. The van der Waals surface area contributed by atoms with E-state index in [9.17, 15) is 9.59 Å². The van der Waals surface area contributed by atoms with Crippen molar-refractivity contribution in [2.24, 2.45) is 5.92 Å². The van der Waals surface area contributed by atoms with Gasteiger partial charge < -0.3 is 9.80 Å². The zero-order valence-electron chi connectivity index (χ0n) is 33.1. The fraction of sp³-hybridized carbons (Fsp3) is 0.543. The second-order valence-electron chi connectivity index (χ2n) is 17.5. The molecule has 1 atom stereocenters. The van der Waals surface area contributed by atoms with Gasteiger partial charge in [-0.1, -0.05) is 52.8 Å². The van der Waals surface area contributed by atoms with Crippen molar-refractivity contribution in [1.29, 1.82) is 0 Å². The summed E-state index contributed by atoms with van der Waals surface area (Å²) in [5, 5.41) is 2.83. The molecule has 3 aromatic rings. The van der Waals surface area contributed by atoms with Gasteiger partial charge in [-0.2, -0.15) is 0 Å². The SMILES string of the molecule is CCN1c2c(cc3c(c2C)C(C)(C)c2c4c5c(cc2=C3c2ccccc2C(=O)N(C)CCCC(=O)C(C)C)CCC[N+]=5CCC4)C(C)CC1(C)C. The van der Waals surface area contributed by atoms with Crippen LogP contribution in [0.4, 0.5) is 5.69 Å². The number of carbonyl (C=O) groups is 2. The van der Waals surface area contributed by atoms with Crippen LogP contribution >= 0.6 is 0 Å². The first-order chi connectivity index (χ1) is 24.2. The van der Waals surface area contributed by atoms with Gasteiger partial charge >= 0.3 is 0 Å². The maximum atomic E-state index is 14.5. The lowest BCUT2D eigenvalue weighted by Gasteiger charge is -2.50. The molecule has 0 spiro atoms. The van der Waals surface area contributed by atoms with Gasteiger partial charge in [0.25, 0.3) is 5.91 Å². The lowest BCUT2D eigenvalue weighted by atomic mass is 9.63. The topological polar surface area (TPSA) is 43.6 Å². The second kappa shape index (κ2) is 13.0. The molecule has 0 fully saturated rings. The molecule has 4 aliphatic rings. The normalized spacial score (nSPS) is 19.7. The van der Waals surface area contributed by atoms with Crippen molar-refractivity contribution in [1.82, 2.24) is 9.48 Å². The number of carbonyl (C=O) groups excluding carboxylic acids is 2. The fourth-order valence-electron chi connectivity index (χ4n) is 10.7. The first-order valence-corrected chi connectivity index (χ1v) is 19.8. The Morgan fingerprint density at radius 2 is 1.71 bits per heavy atom. The van der Waals surface area contributed by atoms with E-state index in [1.165, 1.54) is 73.6 Å². The monoisotopic (exact) mass is 686 g/mol. The molecule has 51 heavy (non-hydrogen) atoms. The van der Waals surface area contributed by atoms with Gasteiger partial charge in [-0.25, -0.2) is 4.58 Å². The Hall–Kier alpha value is -3.73. The van der Waals surface area contributed by atoms with Crippen LogP contribution in [-0.4, -0.2) is 55.4 Å². The molecular weight excluding hydrogens is 627 g/mol. The maximum Gasteiger partial charge on any atom is 0.254 e. The molecule has 0 saturated heterocycles. The Kier molecular flexibility index (Phi) is 9.12. The molecule has 270 valence electrons. The van der Waals surface area contributed by atoms with E-state index in [0.717, 1.165) is 50.0 Å². The van der Waals surface area contributed by atoms with Gasteiger partial charge in [-0.15, -0.1) is 0 Å². The largest absolute Gasteiger partial charge is 0.366 e. The molecule has 0 radical (unpaired) electrons. The summed E-state index contributed by atoms with van der Waals surface area (Å²) >= 11 is 0. The summed E-state index contributed by atoms with van der Waals surface area (Å²) in [6.07, 6.45) is 6.85. The van der Waals surface area contributed by atoms with Crippen LogP contribution in [0.2, 0.25) is 0 Å². The minimum atomic E-state index is -0.221. The van der Waals surface area contributed by atoms with Crippen molar-refractivity contribution >= 4 is 23.0 Å². The fourth-order valence-corrected chi connectivity index (χ4v) is 10.7. The third-order valence-corrected chi connectivity index (χ3v) is 12.9. The molecule has 7 rings (SSSR count). The Morgan fingerprint density at radius 1 is 1.00 bits per heavy atom. The third kappa shape index (κ3) is 5.69. The summed E-state index contributed by atoms with van der Waals surface area (Å²) in [6, 6.07) is 13.4. The first-order valence-electron chi connectivity index (χ1n) is 19.8. The van der Waals surface area contributed by atoms with Crippen LogP contribution in [0.15, 0.2) is 36.4 Å². The Labute approximate surface area is 306 Å². The molecule has 0 N–H and O–H groups in total. The summed E-state index contributed by atoms with van der Waals surface area (Å²) in [4.78, 5) is 31.4. The van der Waals surface area contributed by atoms with E-state index in [2.05, 4.69) is 82.2 Å². The van der Waals surface area contributed by atoms with E-state index < -0.39 is 0 Å². The molecule has 1 unspecified atom stereocenters. The first kappa shape index (κ1) is 35.7. The Balaban J connectivity index is 1.53. The van der Waals surface area contributed by atoms with Crippen molar-refractivity contribution < 1.29 is 9.59 Å².